The molecular weight excluding hydrogens is 260 g/mol. The summed E-state index contributed by atoms with van der Waals surface area (Å²) in [5.74, 6) is -0.0158. The van der Waals surface area contributed by atoms with Crippen molar-refractivity contribution in [1.29, 1.82) is 0 Å². The molecule has 0 aliphatic heterocycles. The molecule has 0 radical (unpaired) electrons. The first kappa shape index (κ1) is 17.1. The summed E-state index contributed by atoms with van der Waals surface area (Å²) in [6, 6.07) is 9.64. The van der Waals surface area contributed by atoms with Crippen LogP contribution in [0.3, 0.4) is 0 Å². The third-order valence-corrected chi connectivity index (χ3v) is 3.13. The fourth-order valence-corrected chi connectivity index (χ4v) is 1.94. The molecule has 0 fully saturated rings. The van der Waals surface area contributed by atoms with Crippen molar-refractivity contribution in [2.24, 2.45) is 0 Å². The number of unbranched alkanes of at least 4 members (excludes halogenated alkanes) is 1. The molecule has 0 amide bonds. The third-order valence-electron chi connectivity index (χ3n) is 3.13. The molecule has 0 N–H and O–H groups in total. The molecule has 0 spiro atoms. The van der Waals surface area contributed by atoms with Gasteiger partial charge in [0.25, 0.3) is 0 Å². The van der Waals surface area contributed by atoms with Gasteiger partial charge in [-0.15, -0.1) is 0 Å². The number of carbonyl (C=O) groups is 1. The van der Waals surface area contributed by atoms with Crippen LogP contribution in [0.2, 0.25) is 0 Å². The number of hydrogen-bond donors (Lipinski definition) is 0. The van der Waals surface area contributed by atoms with Gasteiger partial charge in [-0.05, 0) is 18.9 Å². The number of benzene rings is 1. The smallest absolute Gasteiger partial charge is 0.195 e. The van der Waals surface area contributed by atoms with Crippen molar-refractivity contribution in [3.63, 3.8) is 0 Å². The maximum absolute atomic E-state index is 12.7. The summed E-state index contributed by atoms with van der Waals surface area (Å²) in [4.78, 5) is 12.7. The molecule has 0 aromatic heterocycles. The van der Waals surface area contributed by atoms with Gasteiger partial charge in [0.05, 0.1) is 0 Å². The lowest BCUT2D eigenvalue weighted by atomic mass is 9.99. The summed E-state index contributed by atoms with van der Waals surface area (Å²) < 4.78 is 5.84. The second-order valence-electron chi connectivity index (χ2n) is 4.72. The third kappa shape index (κ3) is 5.52. The summed E-state index contributed by atoms with van der Waals surface area (Å²) in [5.41, 5.74) is 1.53. The molecule has 0 saturated heterocycles. The largest absolute Gasteiger partial charge is 0.365 e. The lowest BCUT2D eigenvalue weighted by Crippen LogP contribution is -2.18. The molecule has 1 rings (SSSR count). The van der Waals surface area contributed by atoms with Gasteiger partial charge in [-0.2, -0.15) is 0 Å². The van der Waals surface area contributed by atoms with E-state index < -0.39 is 6.10 Å². The van der Waals surface area contributed by atoms with Crippen LogP contribution >= 0.6 is 0 Å². The predicted octanol–water partition coefficient (Wildman–Crippen LogP) is 4.80. The minimum atomic E-state index is -0.543. The van der Waals surface area contributed by atoms with Crippen molar-refractivity contribution in [2.45, 2.75) is 32.8 Å². The van der Waals surface area contributed by atoms with E-state index in [2.05, 4.69) is 13.5 Å². The Labute approximate surface area is 127 Å². The Hall–Kier alpha value is -1.93. The van der Waals surface area contributed by atoms with Gasteiger partial charge < -0.3 is 4.74 Å². The second kappa shape index (κ2) is 9.89. The number of carbonyl (C=O) groups excluding carboxylic acids is 1. The topological polar surface area (TPSA) is 26.3 Å². The number of rotatable bonds is 9. The van der Waals surface area contributed by atoms with Gasteiger partial charge in [0, 0.05) is 12.2 Å². The maximum Gasteiger partial charge on any atom is 0.195 e. The van der Waals surface area contributed by atoms with Crippen LogP contribution in [0.5, 0.6) is 0 Å². The van der Waals surface area contributed by atoms with Gasteiger partial charge in [0.1, 0.15) is 6.10 Å². The Morgan fingerprint density at radius 3 is 2.62 bits per heavy atom. The van der Waals surface area contributed by atoms with Crippen LogP contribution in [0.15, 0.2) is 66.8 Å². The zero-order valence-corrected chi connectivity index (χ0v) is 12.9. The molecule has 2 heteroatoms. The van der Waals surface area contributed by atoms with E-state index in [9.17, 15) is 4.79 Å². The van der Waals surface area contributed by atoms with Crippen molar-refractivity contribution in [1.82, 2.24) is 0 Å². The highest BCUT2D eigenvalue weighted by Crippen LogP contribution is 2.23. The van der Waals surface area contributed by atoms with Crippen LogP contribution in [0.25, 0.3) is 0 Å². The molecule has 0 aliphatic rings. The average Bonchev–Trinajstić information content (AvgIpc) is 2.53. The molecule has 1 aromatic carbocycles. The summed E-state index contributed by atoms with van der Waals surface area (Å²) >= 11 is 0. The van der Waals surface area contributed by atoms with E-state index in [0.29, 0.717) is 12.2 Å². The molecule has 1 unspecified atom stereocenters. The quantitative estimate of drug-likeness (QED) is 0.370. The number of ether oxygens (including phenoxy) is 1. The molecule has 1 atom stereocenters. The Balaban J connectivity index is 2.97. The number of Topliss-reactive ketones (excluding diaryl/α,β-unsaturated/α-hetero) is 1. The van der Waals surface area contributed by atoms with Crippen molar-refractivity contribution < 1.29 is 9.53 Å². The zero-order valence-electron chi connectivity index (χ0n) is 12.9. The summed E-state index contributed by atoms with van der Waals surface area (Å²) in [6.07, 6.45) is 8.45. The van der Waals surface area contributed by atoms with Gasteiger partial charge in [-0.3, -0.25) is 4.79 Å². The van der Waals surface area contributed by atoms with Crippen LogP contribution in [-0.4, -0.2) is 12.4 Å². The van der Waals surface area contributed by atoms with E-state index in [4.69, 9.17) is 4.74 Å². The SMILES string of the molecule is C=C/C=C\C(=C/C)C(=O)C(OCCCC)c1ccccc1. The lowest BCUT2D eigenvalue weighted by molar-refractivity contribution is -0.126. The first-order valence-corrected chi connectivity index (χ1v) is 7.40. The fraction of sp³-hybridized carbons (Fsp3) is 0.316. The minimum Gasteiger partial charge on any atom is -0.365 e. The zero-order chi connectivity index (χ0) is 15.5. The van der Waals surface area contributed by atoms with Gasteiger partial charge in [0.15, 0.2) is 5.78 Å². The minimum absolute atomic E-state index is 0.0158. The van der Waals surface area contributed by atoms with Crippen molar-refractivity contribution >= 4 is 5.78 Å². The van der Waals surface area contributed by atoms with Crippen LogP contribution in [0, 0.1) is 0 Å². The van der Waals surface area contributed by atoms with Gasteiger partial charge >= 0.3 is 0 Å². The molecule has 1 aromatic rings. The van der Waals surface area contributed by atoms with E-state index in [1.54, 1.807) is 24.3 Å². The first-order valence-electron chi connectivity index (χ1n) is 7.40. The summed E-state index contributed by atoms with van der Waals surface area (Å²) in [7, 11) is 0. The number of hydrogen-bond acceptors (Lipinski definition) is 2. The van der Waals surface area contributed by atoms with E-state index in [1.807, 2.05) is 37.3 Å². The van der Waals surface area contributed by atoms with Crippen LogP contribution in [-0.2, 0) is 9.53 Å². The lowest BCUT2D eigenvalue weighted by Gasteiger charge is -2.17. The van der Waals surface area contributed by atoms with E-state index >= 15 is 0 Å². The van der Waals surface area contributed by atoms with E-state index in [-0.39, 0.29) is 5.78 Å². The summed E-state index contributed by atoms with van der Waals surface area (Å²) in [6.45, 7) is 8.18. The summed E-state index contributed by atoms with van der Waals surface area (Å²) in [5, 5.41) is 0. The van der Waals surface area contributed by atoms with E-state index in [1.165, 1.54) is 0 Å². The fourth-order valence-electron chi connectivity index (χ4n) is 1.94. The van der Waals surface area contributed by atoms with E-state index in [0.717, 1.165) is 18.4 Å². The molecule has 112 valence electrons. The Kier molecular flexibility index (Phi) is 8.07. The predicted molar refractivity (Wildman–Crippen MR) is 88.1 cm³/mol. The van der Waals surface area contributed by atoms with Crippen molar-refractivity contribution in [2.75, 3.05) is 6.61 Å². The van der Waals surface area contributed by atoms with Crippen LogP contribution < -0.4 is 0 Å². The maximum atomic E-state index is 12.7. The highest BCUT2D eigenvalue weighted by Gasteiger charge is 2.22. The standard InChI is InChI=1S/C19H24O2/c1-4-7-12-16(6-3)18(20)19(21-15-8-5-2)17-13-10-9-11-14-17/h4,6-7,9-14,19H,1,5,8,15H2,2-3H3/b12-7-,16-6+. The molecule has 0 bridgehead atoms. The number of allylic oxidation sites excluding steroid dienone is 4. The Morgan fingerprint density at radius 2 is 2.05 bits per heavy atom. The Bertz CT molecular complexity index is 498. The second-order valence-corrected chi connectivity index (χ2v) is 4.72. The molecule has 0 heterocycles. The average molecular weight is 284 g/mol. The van der Waals surface area contributed by atoms with Gasteiger partial charge in [-0.25, -0.2) is 0 Å². The highest BCUT2D eigenvalue weighted by molar-refractivity contribution is 6.01. The van der Waals surface area contributed by atoms with Gasteiger partial charge in [0.2, 0.25) is 0 Å². The van der Waals surface area contributed by atoms with Crippen LogP contribution in [0.1, 0.15) is 38.4 Å². The Morgan fingerprint density at radius 1 is 1.33 bits per heavy atom. The van der Waals surface area contributed by atoms with Crippen molar-refractivity contribution in [3.8, 4) is 0 Å². The normalized spacial score (nSPS) is 13.3. The highest BCUT2D eigenvalue weighted by atomic mass is 16.5. The number of ketones is 1. The molecule has 0 aliphatic carbocycles. The molecule has 0 saturated carbocycles. The van der Waals surface area contributed by atoms with Gasteiger partial charge in [-0.1, -0.05) is 74.6 Å². The monoisotopic (exact) mass is 284 g/mol. The molecular formula is C19H24O2. The van der Waals surface area contributed by atoms with Crippen LogP contribution in [0.4, 0.5) is 0 Å². The molecule has 2 nitrogen and oxygen atoms in total. The van der Waals surface area contributed by atoms with Crippen molar-refractivity contribution in [3.05, 3.63) is 72.4 Å². The molecule has 21 heavy (non-hydrogen) atoms. The first-order chi connectivity index (χ1) is 10.2.